The van der Waals surface area contributed by atoms with Crippen LogP contribution in [-0.2, 0) is 0 Å². The minimum absolute atomic E-state index is 0.388. The molecule has 0 aliphatic rings. The van der Waals surface area contributed by atoms with Crippen molar-refractivity contribution in [3.8, 4) is 22.6 Å². The number of aromatic nitrogens is 1. The van der Waals surface area contributed by atoms with Gasteiger partial charge in [0.25, 0.3) is 0 Å². The van der Waals surface area contributed by atoms with E-state index in [2.05, 4.69) is 73.9 Å². The van der Waals surface area contributed by atoms with Gasteiger partial charge in [0.15, 0.2) is 11.5 Å². The van der Waals surface area contributed by atoms with Gasteiger partial charge >= 0.3 is 5.63 Å². The summed E-state index contributed by atoms with van der Waals surface area (Å²) in [6.07, 6.45) is 2.00. The maximum absolute atomic E-state index is 13.9. The highest BCUT2D eigenvalue weighted by molar-refractivity contribution is 6.21. The molecule has 228 valence electrons. The SMILES string of the molecule is Cc1ccc(-c2c3c4cc(OCCN(C)C)c(OCCN(C)C)cc4oc(=O)c3n3ccc4cc(C)c(C)cc4c23)cc1C. The summed E-state index contributed by atoms with van der Waals surface area (Å²) >= 11 is 0. The number of likely N-dealkylation sites (N-methyl/N-ethyl adjacent to an activating group) is 2. The van der Waals surface area contributed by atoms with Crippen LogP contribution >= 0.6 is 0 Å². The van der Waals surface area contributed by atoms with Gasteiger partial charge in [0.1, 0.15) is 24.3 Å². The van der Waals surface area contributed by atoms with Crippen molar-refractivity contribution in [2.24, 2.45) is 0 Å². The van der Waals surface area contributed by atoms with Gasteiger partial charge in [0, 0.05) is 47.1 Å². The lowest BCUT2D eigenvalue weighted by molar-refractivity contribution is 0.227. The Morgan fingerprint density at radius 3 is 2.00 bits per heavy atom. The molecule has 0 bridgehead atoms. The Balaban J connectivity index is 1.73. The molecule has 3 aromatic carbocycles. The first-order valence-electron chi connectivity index (χ1n) is 15.1. The summed E-state index contributed by atoms with van der Waals surface area (Å²) in [7, 11) is 8.05. The number of benzene rings is 3. The molecule has 0 aliphatic carbocycles. The van der Waals surface area contributed by atoms with Crippen molar-refractivity contribution in [1.82, 2.24) is 14.2 Å². The first-order valence-corrected chi connectivity index (χ1v) is 15.1. The molecule has 7 nitrogen and oxygen atoms in total. The van der Waals surface area contributed by atoms with Gasteiger partial charge in [0.05, 0.1) is 5.52 Å². The highest BCUT2D eigenvalue weighted by Crippen LogP contribution is 2.44. The second-order valence-corrected chi connectivity index (χ2v) is 12.4. The molecule has 0 amide bonds. The third-order valence-electron chi connectivity index (χ3n) is 8.63. The van der Waals surface area contributed by atoms with Crippen LogP contribution in [0.5, 0.6) is 11.5 Å². The molecule has 0 saturated carbocycles. The van der Waals surface area contributed by atoms with Crippen molar-refractivity contribution in [3.05, 3.63) is 87.4 Å². The Morgan fingerprint density at radius 1 is 0.705 bits per heavy atom. The zero-order chi connectivity index (χ0) is 31.3. The maximum atomic E-state index is 13.9. The van der Waals surface area contributed by atoms with Gasteiger partial charge in [0.2, 0.25) is 0 Å². The molecule has 0 radical (unpaired) electrons. The third kappa shape index (κ3) is 5.31. The normalized spacial score (nSPS) is 12.0. The van der Waals surface area contributed by atoms with Crippen LogP contribution in [0.25, 0.3) is 49.3 Å². The van der Waals surface area contributed by atoms with Crippen molar-refractivity contribution >= 4 is 38.2 Å². The summed E-state index contributed by atoms with van der Waals surface area (Å²) < 4.78 is 20.6. The summed E-state index contributed by atoms with van der Waals surface area (Å²) in [6, 6.07) is 16.9. The van der Waals surface area contributed by atoms with Crippen molar-refractivity contribution in [3.63, 3.8) is 0 Å². The minimum atomic E-state index is -0.388. The number of fused-ring (bicyclic) bond motifs is 7. The number of pyridine rings is 1. The molecule has 6 aromatic rings. The molecule has 0 fully saturated rings. The number of hydrogen-bond donors (Lipinski definition) is 0. The molecule has 0 N–H and O–H groups in total. The highest BCUT2D eigenvalue weighted by atomic mass is 16.5. The molecule has 0 atom stereocenters. The summed E-state index contributed by atoms with van der Waals surface area (Å²) in [5.41, 5.74) is 8.51. The van der Waals surface area contributed by atoms with E-state index in [0.717, 1.165) is 51.3 Å². The molecule has 0 unspecified atom stereocenters. The summed E-state index contributed by atoms with van der Waals surface area (Å²) in [4.78, 5) is 18.0. The van der Waals surface area contributed by atoms with Gasteiger partial charge in [-0.25, -0.2) is 4.79 Å². The van der Waals surface area contributed by atoms with Gasteiger partial charge in [-0.3, -0.25) is 0 Å². The first-order chi connectivity index (χ1) is 21.0. The Kier molecular flexibility index (Phi) is 7.86. The van der Waals surface area contributed by atoms with E-state index in [1.807, 2.05) is 50.9 Å². The minimum Gasteiger partial charge on any atom is -0.488 e. The van der Waals surface area contributed by atoms with E-state index in [9.17, 15) is 4.79 Å². The van der Waals surface area contributed by atoms with Crippen LogP contribution in [0.15, 0.2) is 63.9 Å². The topological polar surface area (TPSA) is 59.6 Å². The zero-order valence-corrected chi connectivity index (χ0v) is 27.0. The summed E-state index contributed by atoms with van der Waals surface area (Å²) in [5, 5.41) is 3.89. The van der Waals surface area contributed by atoms with E-state index in [1.54, 1.807) is 0 Å². The predicted octanol–water partition coefficient (Wildman–Crippen LogP) is 7.13. The van der Waals surface area contributed by atoms with Crippen LogP contribution in [-0.4, -0.2) is 68.7 Å². The van der Waals surface area contributed by atoms with Crippen LogP contribution in [0.4, 0.5) is 0 Å². The van der Waals surface area contributed by atoms with Gasteiger partial charge in [-0.2, -0.15) is 0 Å². The molecule has 0 spiro atoms. The van der Waals surface area contributed by atoms with Crippen molar-refractivity contribution < 1.29 is 13.9 Å². The monoisotopic (exact) mass is 591 g/mol. The Morgan fingerprint density at radius 2 is 1.34 bits per heavy atom. The van der Waals surface area contributed by atoms with E-state index in [0.29, 0.717) is 35.8 Å². The van der Waals surface area contributed by atoms with Crippen molar-refractivity contribution in [2.45, 2.75) is 27.7 Å². The second kappa shape index (κ2) is 11.6. The number of aryl methyl sites for hydroxylation is 4. The molecule has 3 heterocycles. The largest absolute Gasteiger partial charge is 0.488 e. The second-order valence-electron chi connectivity index (χ2n) is 12.4. The Labute approximate surface area is 258 Å². The fourth-order valence-electron chi connectivity index (χ4n) is 5.85. The average molecular weight is 592 g/mol. The number of hydrogen-bond acceptors (Lipinski definition) is 6. The molecule has 44 heavy (non-hydrogen) atoms. The van der Waals surface area contributed by atoms with Crippen molar-refractivity contribution in [2.75, 3.05) is 54.5 Å². The van der Waals surface area contributed by atoms with Crippen LogP contribution in [0.2, 0.25) is 0 Å². The Bertz CT molecular complexity index is 2100. The summed E-state index contributed by atoms with van der Waals surface area (Å²) in [6.45, 7) is 11.0. The van der Waals surface area contributed by atoms with E-state index >= 15 is 0 Å². The Hall–Kier alpha value is -4.33. The fraction of sp³-hybridized carbons (Fsp3) is 0.324. The molecule has 6 rings (SSSR count). The molecule has 7 heteroatoms. The smallest absolute Gasteiger partial charge is 0.361 e. The van der Waals surface area contributed by atoms with E-state index in [-0.39, 0.29) is 5.63 Å². The van der Waals surface area contributed by atoms with Crippen LogP contribution in [0.3, 0.4) is 0 Å². The summed E-state index contributed by atoms with van der Waals surface area (Å²) in [5.74, 6) is 1.19. The van der Waals surface area contributed by atoms with Crippen LogP contribution < -0.4 is 15.1 Å². The van der Waals surface area contributed by atoms with Crippen molar-refractivity contribution in [1.29, 1.82) is 0 Å². The molecular weight excluding hydrogens is 550 g/mol. The fourth-order valence-corrected chi connectivity index (χ4v) is 5.85. The van der Waals surface area contributed by atoms with Gasteiger partial charge in [-0.05, 0) is 107 Å². The lowest BCUT2D eigenvalue weighted by Crippen LogP contribution is -2.21. The lowest BCUT2D eigenvalue weighted by Gasteiger charge is -2.17. The van der Waals surface area contributed by atoms with E-state index < -0.39 is 0 Å². The van der Waals surface area contributed by atoms with E-state index in [4.69, 9.17) is 13.9 Å². The standard InChI is InChI=1S/C37H41N3O4/c1-22-9-10-27(18-23(22)2)33-34-29-20-31(42-15-13-38(5)6)32(43-16-14-39(7)8)21-30(29)44-37(41)36(34)40-12-11-26-17-24(3)25(4)19-28(26)35(33)40/h9-12,17-21H,13-16H2,1-8H3. The highest BCUT2D eigenvalue weighted by Gasteiger charge is 2.24. The molecule has 0 saturated heterocycles. The maximum Gasteiger partial charge on any atom is 0.361 e. The lowest BCUT2D eigenvalue weighted by atomic mass is 9.95. The number of rotatable bonds is 9. The zero-order valence-electron chi connectivity index (χ0n) is 27.0. The quantitative estimate of drug-likeness (QED) is 0.167. The molecule has 3 aromatic heterocycles. The van der Waals surface area contributed by atoms with Crippen LogP contribution in [0.1, 0.15) is 22.3 Å². The van der Waals surface area contributed by atoms with Crippen LogP contribution in [0, 0.1) is 27.7 Å². The number of nitrogens with zero attached hydrogens (tertiary/aromatic N) is 3. The van der Waals surface area contributed by atoms with Gasteiger partial charge in [-0.15, -0.1) is 0 Å². The predicted molar refractivity (Wildman–Crippen MR) is 181 cm³/mol. The first kappa shape index (κ1) is 29.7. The number of ether oxygens (including phenoxy) is 2. The van der Waals surface area contributed by atoms with Gasteiger partial charge in [-0.1, -0.05) is 24.3 Å². The average Bonchev–Trinajstić information content (AvgIpc) is 3.32. The molecule has 0 aliphatic heterocycles. The third-order valence-corrected chi connectivity index (χ3v) is 8.63. The molecular formula is C37H41N3O4. The van der Waals surface area contributed by atoms with Gasteiger partial charge < -0.3 is 28.1 Å². The van der Waals surface area contributed by atoms with E-state index in [1.165, 1.54) is 22.3 Å².